The van der Waals surface area contributed by atoms with E-state index in [1.54, 1.807) is 0 Å². The zero-order valence-corrected chi connectivity index (χ0v) is 14.7. The molecule has 0 aliphatic heterocycles. The highest BCUT2D eigenvalue weighted by Crippen LogP contribution is 2.05. The first-order valence-electron chi connectivity index (χ1n) is 8.78. The number of carbonyl (C=O) groups excluding carboxylic acids is 2. The monoisotopic (exact) mass is 345 g/mol. The van der Waals surface area contributed by atoms with Gasteiger partial charge in [0.25, 0.3) is 0 Å². The van der Waals surface area contributed by atoms with Gasteiger partial charge >= 0.3 is 11.9 Å². The van der Waals surface area contributed by atoms with Gasteiger partial charge in [-0.3, -0.25) is 14.4 Å². The molecule has 1 amide bonds. The van der Waals surface area contributed by atoms with E-state index < -0.39 is 5.97 Å². The van der Waals surface area contributed by atoms with E-state index in [0.29, 0.717) is 32.6 Å². The average Bonchev–Trinajstić information content (AvgIpc) is 2.55. The van der Waals surface area contributed by atoms with Crippen LogP contribution in [0.25, 0.3) is 0 Å². The molecule has 0 radical (unpaired) electrons. The summed E-state index contributed by atoms with van der Waals surface area (Å²) in [5.74, 6) is -1.44. The molecule has 0 aromatic carbocycles. The third kappa shape index (κ3) is 16.7. The number of carbonyl (C=O) groups is 3. The van der Waals surface area contributed by atoms with Gasteiger partial charge in [-0.15, -0.1) is 0 Å². The molecule has 0 atom stereocenters. The second-order valence-electron chi connectivity index (χ2n) is 5.59. The van der Waals surface area contributed by atoms with Crippen LogP contribution < -0.4 is 5.32 Å². The highest BCUT2D eigenvalue weighted by Gasteiger charge is 2.04. The summed E-state index contributed by atoms with van der Waals surface area (Å²) >= 11 is 0. The summed E-state index contributed by atoms with van der Waals surface area (Å²) in [5.41, 5.74) is 0. The van der Waals surface area contributed by atoms with Gasteiger partial charge < -0.3 is 19.9 Å². The normalized spacial score (nSPS) is 10.4. The highest BCUT2D eigenvalue weighted by molar-refractivity contribution is 5.80. The van der Waals surface area contributed by atoms with Crippen LogP contribution in [0, 0.1) is 0 Å². The zero-order valence-electron chi connectivity index (χ0n) is 14.7. The molecular formula is C17H31NO6. The van der Waals surface area contributed by atoms with Gasteiger partial charge in [-0.1, -0.05) is 32.6 Å². The molecule has 0 bridgehead atoms. The number of carboxylic acid groups (broad SMARTS) is 1. The van der Waals surface area contributed by atoms with Crippen LogP contribution in [0.5, 0.6) is 0 Å². The van der Waals surface area contributed by atoms with E-state index in [2.05, 4.69) is 12.2 Å². The van der Waals surface area contributed by atoms with Gasteiger partial charge in [-0.2, -0.15) is 0 Å². The molecule has 0 saturated carbocycles. The maximum Gasteiger partial charge on any atom is 0.305 e. The minimum absolute atomic E-state index is 0.00934. The molecule has 0 aliphatic carbocycles. The van der Waals surface area contributed by atoms with Gasteiger partial charge in [0, 0.05) is 26.0 Å². The third-order valence-electron chi connectivity index (χ3n) is 3.33. The number of esters is 1. The van der Waals surface area contributed by atoms with E-state index in [-0.39, 0.29) is 31.3 Å². The summed E-state index contributed by atoms with van der Waals surface area (Å²) in [6, 6.07) is 0. The smallest absolute Gasteiger partial charge is 0.305 e. The van der Waals surface area contributed by atoms with Crippen molar-refractivity contribution in [2.45, 2.75) is 64.7 Å². The summed E-state index contributed by atoms with van der Waals surface area (Å²) in [4.78, 5) is 33.0. The predicted molar refractivity (Wildman–Crippen MR) is 89.7 cm³/mol. The molecule has 0 spiro atoms. The maximum absolute atomic E-state index is 11.4. The molecule has 24 heavy (non-hydrogen) atoms. The van der Waals surface area contributed by atoms with Crippen LogP contribution in [0.4, 0.5) is 0 Å². The van der Waals surface area contributed by atoms with Gasteiger partial charge in [0.05, 0.1) is 13.0 Å². The summed E-state index contributed by atoms with van der Waals surface area (Å²) in [7, 11) is 0. The van der Waals surface area contributed by atoms with Crippen molar-refractivity contribution in [2.24, 2.45) is 0 Å². The topological polar surface area (TPSA) is 102 Å². The first-order valence-corrected chi connectivity index (χ1v) is 8.78. The van der Waals surface area contributed by atoms with Gasteiger partial charge in [0.2, 0.25) is 5.91 Å². The first-order chi connectivity index (χ1) is 11.6. The number of carboxylic acids is 1. The van der Waals surface area contributed by atoms with Crippen LogP contribution in [-0.2, 0) is 23.9 Å². The Balaban J connectivity index is 3.28. The fourth-order valence-corrected chi connectivity index (χ4v) is 1.97. The van der Waals surface area contributed by atoms with Gasteiger partial charge in [0.15, 0.2) is 0 Å². The van der Waals surface area contributed by atoms with Crippen molar-refractivity contribution in [1.82, 2.24) is 5.32 Å². The molecule has 0 aliphatic rings. The van der Waals surface area contributed by atoms with E-state index in [1.807, 2.05) is 0 Å². The minimum Gasteiger partial charge on any atom is -0.481 e. The molecule has 0 saturated heterocycles. The van der Waals surface area contributed by atoms with Crippen molar-refractivity contribution in [3.05, 3.63) is 0 Å². The Morgan fingerprint density at radius 3 is 2.33 bits per heavy atom. The lowest BCUT2D eigenvalue weighted by atomic mass is 10.1. The third-order valence-corrected chi connectivity index (χ3v) is 3.33. The van der Waals surface area contributed by atoms with Gasteiger partial charge in [0.1, 0.15) is 6.61 Å². The van der Waals surface area contributed by atoms with Crippen molar-refractivity contribution in [3.8, 4) is 0 Å². The fourth-order valence-electron chi connectivity index (χ4n) is 1.97. The van der Waals surface area contributed by atoms with Crippen molar-refractivity contribution < 1.29 is 29.0 Å². The van der Waals surface area contributed by atoms with E-state index >= 15 is 0 Å². The molecule has 7 nitrogen and oxygen atoms in total. The van der Waals surface area contributed by atoms with Crippen molar-refractivity contribution in [1.29, 1.82) is 0 Å². The largest absolute Gasteiger partial charge is 0.481 e. The number of amides is 1. The summed E-state index contributed by atoms with van der Waals surface area (Å²) in [5, 5.41) is 11.1. The van der Waals surface area contributed by atoms with E-state index in [4.69, 9.17) is 14.6 Å². The van der Waals surface area contributed by atoms with Gasteiger partial charge in [-0.05, 0) is 12.8 Å². The van der Waals surface area contributed by atoms with Crippen molar-refractivity contribution in [3.63, 3.8) is 0 Å². The van der Waals surface area contributed by atoms with Crippen LogP contribution in [0.3, 0.4) is 0 Å². The highest BCUT2D eigenvalue weighted by atomic mass is 16.6. The average molecular weight is 345 g/mol. The van der Waals surface area contributed by atoms with E-state index in [9.17, 15) is 14.4 Å². The van der Waals surface area contributed by atoms with Crippen LogP contribution in [0.1, 0.15) is 64.7 Å². The van der Waals surface area contributed by atoms with E-state index in [0.717, 1.165) is 12.8 Å². The quantitative estimate of drug-likeness (QED) is 0.329. The number of nitrogens with one attached hydrogen (secondary N) is 1. The minimum atomic E-state index is -0.982. The maximum atomic E-state index is 11.4. The van der Waals surface area contributed by atoms with Crippen LogP contribution >= 0.6 is 0 Å². The molecule has 7 heteroatoms. The Hall–Kier alpha value is -1.63. The molecule has 2 N–H and O–H groups in total. The molecule has 0 unspecified atom stereocenters. The SMILES string of the molecule is CCCCCCCC(=O)OCCOCCCNC(=O)CCC(=O)O. The molecule has 0 heterocycles. The van der Waals surface area contributed by atoms with Crippen molar-refractivity contribution >= 4 is 17.8 Å². The van der Waals surface area contributed by atoms with Gasteiger partial charge in [-0.25, -0.2) is 0 Å². The Morgan fingerprint density at radius 1 is 0.875 bits per heavy atom. The molecule has 0 aromatic rings. The number of hydrogen-bond acceptors (Lipinski definition) is 5. The van der Waals surface area contributed by atoms with E-state index in [1.165, 1.54) is 19.3 Å². The second kappa shape index (κ2) is 16.2. The molecule has 0 fully saturated rings. The Bertz CT molecular complexity index is 359. The Kier molecular flexibility index (Phi) is 15.1. The molecule has 0 aromatic heterocycles. The Morgan fingerprint density at radius 2 is 1.62 bits per heavy atom. The predicted octanol–water partition coefficient (Wildman–Crippen LogP) is 2.28. The fraction of sp³-hybridized carbons (Fsp3) is 0.824. The lowest BCUT2D eigenvalue weighted by molar-refractivity contribution is -0.145. The summed E-state index contributed by atoms with van der Waals surface area (Å²) < 4.78 is 10.4. The molecule has 0 rings (SSSR count). The standard InChI is InChI=1S/C17H31NO6/c1-2-3-4-5-6-8-17(22)24-14-13-23-12-7-11-18-15(19)9-10-16(20)21/h2-14H2,1H3,(H,18,19)(H,20,21). The number of rotatable bonds is 16. The zero-order chi connectivity index (χ0) is 18.0. The summed E-state index contributed by atoms with van der Waals surface area (Å²) in [6.45, 7) is 3.64. The first kappa shape index (κ1) is 22.4. The number of hydrogen-bond donors (Lipinski definition) is 2. The number of ether oxygens (including phenoxy) is 2. The van der Waals surface area contributed by atoms with Crippen molar-refractivity contribution in [2.75, 3.05) is 26.4 Å². The van der Waals surface area contributed by atoms with Crippen LogP contribution in [0.15, 0.2) is 0 Å². The number of unbranched alkanes of at least 4 members (excludes halogenated alkanes) is 4. The van der Waals surface area contributed by atoms with Crippen LogP contribution in [-0.4, -0.2) is 49.3 Å². The number of aliphatic carboxylic acids is 1. The Labute approximate surface area is 144 Å². The molecule has 140 valence electrons. The van der Waals surface area contributed by atoms with Crippen LogP contribution in [0.2, 0.25) is 0 Å². The summed E-state index contributed by atoms with van der Waals surface area (Å²) in [6.07, 6.45) is 6.43. The lowest BCUT2D eigenvalue weighted by Gasteiger charge is -2.07. The molecular weight excluding hydrogens is 314 g/mol. The second-order valence-corrected chi connectivity index (χ2v) is 5.59. The lowest BCUT2D eigenvalue weighted by Crippen LogP contribution is -2.25.